The summed E-state index contributed by atoms with van der Waals surface area (Å²) in [6.07, 6.45) is 1.24. The van der Waals surface area contributed by atoms with E-state index in [0.29, 0.717) is 0 Å². The average Bonchev–Trinajstić information content (AvgIpc) is 2.54. The fourth-order valence-electron chi connectivity index (χ4n) is 1.57. The molecule has 24 heavy (non-hydrogen) atoms. The molecule has 1 unspecified atom stereocenters. The topological polar surface area (TPSA) is 91.3 Å². The largest absolute Gasteiger partial charge is 0.596 e. The van der Waals surface area contributed by atoms with Crippen LogP contribution in [0.5, 0.6) is 11.5 Å². The number of hydrogen-bond acceptors (Lipinski definition) is 6. The van der Waals surface area contributed by atoms with Gasteiger partial charge in [0.05, 0.1) is 6.61 Å². The summed E-state index contributed by atoms with van der Waals surface area (Å²) < 4.78 is 44.4. The number of para-hydroxylation sites is 2. The van der Waals surface area contributed by atoms with Gasteiger partial charge in [0, 0.05) is 0 Å². The monoisotopic (exact) mass is 370 g/mol. The zero-order valence-electron chi connectivity index (χ0n) is 12.6. The summed E-state index contributed by atoms with van der Waals surface area (Å²) in [6, 6.07) is 16.0. The molecule has 0 bridgehead atoms. The first-order valence-corrected chi connectivity index (χ1v) is 9.77. The molecule has 0 spiro atoms. The van der Waals surface area contributed by atoms with Crippen LogP contribution in [-0.4, -0.2) is 11.5 Å². The molecule has 0 amide bonds. The van der Waals surface area contributed by atoms with Crippen molar-refractivity contribution in [1.82, 2.24) is 0 Å². The van der Waals surface area contributed by atoms with Gasteiger partial charge in [-0.15, -0.1) is 6.58 Å². The highest BCUT2D eigenvalue weighted by Gasteiger charge is 2.41. The minimum Gasteiger partial charge on any atom is -0.395 e. The van der Waals surface area contributed by atoms with Gasteiger partial charge in [0.25, 0.3) is 0 Å². The van der Waals surface area contributed by atoms with Gasteiger partial charge in [0.2, 0.25) is 0 Å². The van der Waals surface area contributed by atoms with Crippen molar-refractivity contribution in [2.24, 2.45) is 0 Å². The highest BCUT2D eigenvalue weighted by molar-refractivity contribution is 7.62. The van der Waals surface area contributed by atoms with Gasteiger partial charge in [-0.05, 0) is 24.3 Å². The highest BCUT2D eigenvalue weighted by atomic mass is 31.3. The lowest BCUT2D eigenvalue weighted by Gasteiger charge is -2.20. The molecular formula is C15H16O7P2. The molecule has 1 atom stereocenters. The average molecular weight is 370 g/mol. The molecule has 0 heterocycles. The second kappa shape index (κ2) is 8.29. The zero-order chi connectivity index (χ0) is 17.5. The van der Waals surface area contributed by atoms with Gasteiger partial charge in [0.15, 0.2) is 0 Å². The predicted octanol–water partition coefficient (Wildman–Crippen LogP) is 4.57. The molecule has 0 fully saturated rings. The van der Waals surface area contributed by atoms with E-state index >= 15 is 0 Å². The van der Waals surface area contributed by atoms with Gasteiger partial charge in [0.1, 0.15) is 11.5 Å². The molecule has 0 aliphatic heterocycles. The van der Waals surface area contributed by atoms with E-state index in [4.69, 9.17) is 9.05 Å². The quantitative estimate of drug-likeness (QED) is 0.510. The Morgan fingerprint density at radius 1 is 0.917 bits per heavy atom. The third kappa shape index (κ3) is 5.96. The van der Waals surface area contributed by atoms with Crippen molar-refractivity contribution in [3.05, 3.63) is 73.3 Å². The van der Waals surface area contributed by atoms with Crippen LogP contribution in [-0.2, 0) is 18.0 Å². The van der Waals surface area contributed by atoms with Crippen molar-refractivity contribution in [2.75, 3.05) is 6.61 Å². The number of benzene rings is 2. The first-order chi connectivity index (χ1) is 11.4. The van der Waals surface area contributed by atoms with Gasteiger partial charge in [-0.25, -0.2) is 9.13 Å². The fraction of sp³-hybridized carbons (Fsp3) is 0.0667. The number of hydrogen-bond donors (Lipinski definition) is 1. The lowest BCUT2D eigenvalue weighted by molar-refractivity contribution is 0.196. The number of phosphoric acid groups is 2. The van der Waals surface area contributed by atoms with E-state index in [1.807, 2.05) is 0 Å². The van der Waals surface area contributed by atoms with Gasteiger partial charge in [-0.3, -0.25) is 4.52 Å². The zero-order valence-corrected chi connectivity index (χ0v) is 14.3. The molecule has 1 N–H and O–H groups in total. The summed E-state index contributed by atoms with van der Waals surface area (Å²) >= 11 is 0. The molecule has 2 aromatic rings. The lowest BCUT2D eigenvalue weighted by atomic mass is 10.3. The van der Waals surface area contributed by atoms with E-state index in [1.54, 1.807) is 36.4 Å². The summed E-state index contributed by atoms with van der Waals surface area (Å²) in [5.41, 5.74) is 0. The Balaban J connectivity index is 2.24. The van der Waals surface area contributed by atoms with E-state index in [9.17, 15) is 14.0 Å². The number of phosphoric ester groups is 2. The minimum atomic E-state index is -4.69. The standard InChI is InChI=1S/C15H16O7P2/c1-2-13-19-23(16,17)22-24(18,20-14-9-5-3-6-10-14)21-15-11-7-4-8-12-15/h2-12H,1,13H2,(H,16,17). The van der Waals surface area contributed by atoms with Crippen molar-refractivity contribution >= 4 is 15.6 Å². The maximum Gasteiger partial charge on any atom is 0.596 e. The van der Waals surface area contributed by atoms with Crippen molar-refractivity contribution in [2.45, 2.75) is 0 Å². The molecule has 0 aliphatic carbocycles. The Hall–Kier alpha value is -1.88. The molecule has 0 saturated carbocycles. The number of rotatable bonds is 9. The molecule has 128 valence electrons. The van der Waals surface area contributed by atoms with Gasteiger partial charge in [-0.2, -0.15) is 4.31 Å². The first kappa shape index (κ1) is 18.5. The molecule has 9 heteroatoms. The van der Waals surface area contributed by atoms with Crippen LogP contribution < -0.4 is 9.05 Å². The summed E-state index contributed by atoms with van der Waals surface area (Å²) in [5.74, 6) is 0.279. The summed E-state index contributed by atoms with van der Waals surface area (Å²) in [5, 5.41) is 0. The second-order valence-electron chi connectivity index (χ2n) is 4.39. The lowest BCUT2D eigenvalue weighted by Crippen LogP contribution is -2.05. The normalized spacial score (nSPS) is 13.7. The van der Waals surface area contributed by atoms with Crippen molar-refractivity contribution < 1.29 is 31.9 Å². The fourth-order valence-corrected chi connectivity index (χ4v) is 4.13. The molecule has 0 aromatic heterocycles. The molecular weight excluding hydrogens is 354 g/mol. The van der Waals surface area contributed by atoms with Crippen LogP contribution >= 0.6 is 15.6 Å². The van der Waals surface area contributed by atoms with E-state index in [0.717, 1.165) is 0 Å². The Kier molecular flexibility index (Phi) is 6.37. The van der Waals surface area contributed by atoms with Crippen LogP contribution in [0.4, 0.5) is 0 Å². The third-order valence-electron chi connectivity index (χ3n) is 2.48. The Morgan fingerprint density at radius 2 is 1.38 bits per heavy atom. The van der Waals surface area contributed by atoms with Crippen LogP contribution in [0.25, 0.3) is 0 Å². The first-order valence-electron chi connectivity index (χ1n) is 6.81. The molecule has 0 radical (unpaired) electrons. The van der Waals surface area contributed by atoms with Crippen LogP contribution in [0.2, 0.25) is 0 Å². The highest BCUT2D eigenvalue weighted by Crippen LogP contribution is 2.62. The van der Waals surface area contributed by atoms with Crippen LogP contribution in [0.3, 0.4) is 0 Å². The van der Waals surface area contributed by atoms with Crippen molar-refractivity contribution in [3.63, 3.8) is 0 Å². The molecule has 0 aliphatic rings. The third-order valence-corrected chi connectivity index (χ3v) is 5.45. The minimum absolute atomic E-state index is 0.139. The molecule has 7 nitrogen and oxygen atoms in total. The molecule has 2 rings (SSSR count). The van der Waals surface area contributed by atoms with Gasteiger partial charge < -0.3 is 13.9 Å². The Labute approximate surface area is 139 Å². The summed E-state index contributed by atoms with van der Waals surface area (Å²) in [7, 11) is -9.19. The van der Waals surface area contributed by atoms with E-state index in [1.165, 1.54) is 30.3 Å². The van der Waals surface area contributed by atoms with Crippen LogP contribution in [0.1, 0.15) is 0 Å². The summed E-state index contributed by atoms with van der Waals surface area (Å²) in [6.45, 7) is 3.08. The predicted molar refractivity (Wildman–Crippen MR) is 88.8 cm³/mol. The van der Waals surface area contributed by atoms with E-state index in [2.05, 4.69) is 15.4 Å². The van der Waals surface area contributed by atoms with Crippen LogP contribution in [0.15, 0.2) is 73.3 Å². The smallest absolute Gasteiger partial charge is 0.395 e. The maximum atomic E-state index is 12.8. The van der Waals surface area contributed by atoms with Gasteiger partial charge in [-0.1, -0.05) is 42.5 Å². The summed E-state index contributed by atoms with van der Waals surface area (Å²) in [4.78, 5) is 9.67. The van der Waals surface area contributed by atoms with E-state index < -0.39 is 15.6 Å². The molecule has 2 aromatic carbocycles. The Morgan fingerprint density at radius 3 is 1.79 bits per heavy atom. The van der Waals surface area contributed by atoms with Crippen molar-refractivity contribution in [1.29, 1.82) is 0 Å². The van der Waals surface area contributed by atoms with Crippen LogP contribution in [0, 0.1) is 0 Å². The van der Waals surface area contributed by atoms with Crippen molar-refractivity contribution in [3.8, 4) is 11.5 Å². The van der Waals surface area contributed by atoms with Gasteiger partial charge >= 0.3 is 15.6 Å². The maximum absolute atomic E-state index is 12.8. The SMILES string of the molecule is C=CCOP(=O)(O)OP(=O)(Oc1ccccc1)Oc1ccccc1. The molecule has 0 saturated heterocycles. The van der Waals surface area contributed by atoms with E-state index in [-0.39, 0.29) is 18.1 Å². The second-order valence-corrected chi connectivity index (χ2v) is 7.50. The Bertz CT molecular complexity index is 703.